The topological polar surface area (TPSA) is 64.6 Å². The number of amides is 1. The summed E-state index contributed by atoms with van der Waals surface area (Å²) < 4.78 is 23.2. The quantitative estimate of drug-likeness (QED) is 0.832. The van der Waals surface area contributed by atoms with Crippen LogP contribution in [-0.4, -0.2) is 25.1 Å². The van der Waals surface area contributed by atoms with E-state index < -0.39 is 17.7 Å². The van der Waals surface area contributed by atoms with Crippen molar-refractivity contribution in [3.05, 3.63) is 59.9 Å². The fourth-order valence-corrected chi connectivity index (χ4v) is 1.81. The van der Waals surface area contributed by atoms with Crippen molar-refractivity contribution in [2.75, 3.05) is 18.5 Å². The van der Waals surface area contributed by atoms with Gasteiger partial charge in [0.2, 0.25) is 0 Å². The fourth-order valence-electron chi connectivity index (χ4n) is 1.81. The van der Waals surface area contributed by atoms with E-state index in [9.17, 15) is 14.0 Å². The number of carbonyl (C=O) groups is 2. The zero-order valence-corrected chi connectivity index (χ0v) is 12.5. The van der Waals surface area contributed by atoms with Crippen LogP contribution in [0.3, 0.4) is 0 Å². The maximum Gasteiger partial charge on any atom is 0.338 e. The van der Waals surface area contributed by atoms with E-state index in [4.69, 9.17) is 9.47 Å². The number of esters is 1. The highest BCUT2D eigenvalue weighted by atomic mass is 19.1. The number of nitrogens with one attached hydrogen (secondary N) is 1. The van der Waals surface area contributed by atoms with Gasteiger partial charge in [0.05, 0.1) is 12.2 Å². The number of hydrogen-bond acceptors (Lipinski definition) is 4. The predicted octanol–water partition coefficient (Wildman–Crippen LogP) is 3.02. The number of benzene rings is 2. The van der Waals surface area contributed by atoms with Gasteiger partial charge in [0, 0.05) is 5.69 Å². The molecule has 0 aliphatic rings. The Labute approximate surface area is 133 Å². The molecule has 0 bridgehead atoms. The molecule has 0 aromatic heterocycles. The number of rotatable bonds is 6. The Morgan fingerprint density at radius 2 is 1.87 bits per heavy atom. The minimum atomic E-state index is -0.432. The maximum atomic E-state index is 13.0. The van der Waals surface area contributed by atoms with Crippen molar-refractivity contribution in [2.45, 2.75) is 6.92 Å². The Hall–Kier alpha value is -2.89. The Balaban J connectivity index is 1.85. The van der Waals surface area contributed by atoms with Gasteiger partial charge in [0.25, 0.3) is 5.91 Å². The van der Waals surface area contributed by atoms with E-state index in [0.717, 1.165) is 0 Å². The van der Waals surface area contributed by atoms with E-state index >= 15 is 0 Å². The third kappa shape index (κ3) is 5.10. The van der Waals surface area contributed by atoms with Gasteiger partial charge in [-0.05, 0) is 49.4 Å². The summed E-state index contributed by atoms with van der Waals surface area (Å²) >= 11 is 0. The summed E-state index contributed by atoms with van der Waals surface area (Å²) in [6, 6.07) is 11.8. The van der Waals surface area contributed by atoms with Gasteiger partial charge in [0.1, 0.15) is 11.6 Å². The van der Waals surface area contributed by atoms with Gasteiger partial charge in [-0.25, -0.2) is 9.18 Å². The predicted molar refractivity (Wildman–Crippen MR) is 82.9 cm³/mol. The average molecular weight is 317 g/mol. The minimum Gasteiger partial charge on any atom is -0.484 e. The van der Waals surface area contributed by atoms with Crippen LogP contribution in [0.1, 0.15) is 17.3 Å². The van der Waals surface area contributed by atoms with Crippen molar-refractivity contribution < 1.29 is 23.5 Å². The SMILES string of the molecule is CCOC(=O)c1ccc(OCC(=O)Nc2cccc(F)c2)cc1. The van der Waals surface area contributed by atoms with Crippen molar-refractivity contribution in [3.63, 3.8) is 0 Å². The molecule has 0 atom stereocenters. The molecule has 1 N–H and O–H groups in total. The summed E-state index contributed by atoms with van der Waals surface area (Å²) in [6.07, 6.45) is 0. The fraction of sp³-hybridized carbons (Fsp3) is 0.176. The third-order valence-corrected chi connectivity index (χ3v) is 2.84. The molecule has 5 nitrogen and oxygen atoms in total. The molecule has 0 unspecified atom stereocenters. The molecule has 6 heteroatoms. The summed E-state index contributed by atoms with van der Waals surface area (Å²) in [6.45, 7) is 1.80. The molecule has 0 fully saturated rings. The molecular weight excluding hydrogens is 301 g/mol. The molecule has 0 radical (unpaired) electrons. The maximum absolute atomic E-state index is 13.0. The highest BCUT2D eigenvalue weighted by molar-refractivity contribution is 5.92. The summed E-state index contributed by atoms with van der Waals surface area (Å²) in [7, 11) is 0. The van der Waals surface area contributed by atoms with Gasteiger partial charge in [-0.1, -0.05) is 6.07 Å². The largest absolute Gasteiger partial charge is 0.484 e. The Bertz CT molecular complexity index is 685. The lowest BCUT2D eigenvalue weighted by Gasteiger charge is -2.08. The molecular formula is C17H16FNO4. The first kappa shape index (κ1) is 16.5. The van der Waals surface area contributed by atoms with Gasteiger partial charge in [-0.15, -0.1) is 0 Å². The first-order valence-corrected chi connectivity index (χ1v) is 7.04. The molecule has 0 saturated carbocycles. The molecule has 1 amide bonds. The zero-order valence-electron chi connectivity index (χ0n) is 12.5. The molecule has 120 valence electrons. The van der Waals surface area contributed by atoms with Crippen LogP contribution in [0.15, 0.2) is 48.5 Å². The van der Waals surface area contributed by atoms with Crippen LogP contribution in [0.4, 0.5) is 10.1 Å². The summed E-state index contributed by atoms with van der Waals surface area (Å²) in [4.78, 5) is 23.2. The van der Waals surface area contributed by atoms with Gasteiger partial charge >= 0.3 is 5.97 Å². The number of ether oxygens (including phenoxy) is 2. The molecule has 0 aliphatic heterocycles. The van der Waals surface area contributed by atoms with Crippen molar-refractivity contribution in [2.24, 2.45) is 0 Å². The molecule has 0 saturated heterocycles. The van der Waals surface area contributed by atoms with Crippen molar-refractivity contribution in [1.29, 1.82) is 0 Å². The minimum absolute atomic E-state index is 0.227. The van der Waals surface area contributed by atoms with Gasteiger partial charge < -0.3 is 14.8 Å². The molecule has 0 aliphatic carbocycles. The average Bonchev–Trinajstić information content (AvgIpc) is 2.54. The first-order chi connectivity index (χ1) is 11.1. The lowest BCUT2D eigenvalue weighted by molar-refractivity contribution is -0.118. The van der Waals surface area contributed by atoms with E-state index in [0.29, 0.717) is 23.6 Å². The van der Waals surface area contributed by atoms with Crippen molar-refractivity contribution in [1.82, 2.24) is 0 Å². The van der Waals surface area contributed by atoms with Crippen molar-refractivity contribution in [3.8, 4) is 5.75 Å². The molecule has 2 aromatic rings. The lowest BCUT2D eigenvalue weighted by atomic mass is 10.2. The van der Waals surface area contributed by atoms with Crippen LogP contribution in [0.25, 0.3) is 0 Å². The second kappa shape index (κ2) is 7.93. The van der Waals surface area contributed by atoms with Crippen LogP contribution in [0.5, 0.6) is 5.75 Å². The van der Waals surface area contributed by atoms with Gasteiger partial charge in [0.15, 0.2) is 6.61 Å². The number of carbonyl (C=O) groups excluding carboxylic acids is 2. The monoisotopic (exact) mass is 317 g/mol. The summed E-state index contributed by atoms with van der Waals surface area (Å²) in [5.41, 5.74) is 0.764. The molecule has 23 heavy (non-hydrogen) atoms. The molecule has 0 heterocycles. The standard InChI is InChI=1S/C17H16FNO4/c1-2-22-17(21)12-6-8-15(9-7-12)23-11-16(20)19-14-5-3-4-13(18)10-14/h3-10H,2,11H2,1H3,(H,19,20). The summed E-state index contributed by atoms with van der Waals surface area (Å²) in [5, 5.41) is 2.52. The van der Waals surface area contributed by atoms with Crippen molar-refractivity contribution >= 4 is 17.6 Å². The molecule has 2 aromatic carbocycles. The van der Waals surface area contributed by atoms with Crippen LogP contribution in [0, 0.1) is 5.82 Å². The smallest absolute Gasteiger partial charge is 0.338 e. The Kier molecular flexibility index (Phi) is 5.68. The number of hydrogen-bond donors (Lipinski definition) is 1. The van der Waals surface area contributed by atoms with Crippen LogP contribution < -0.4 is 10.1 Å². The van der Waals surface area contributed by atoms with E-state index in [2.05, 4.69) is 5.32 Å². The molecule has 0 spiro atoms. The van der Waals surface area contributed by atoms with Crippen LogP contribution >= 0.6 is 0 Å². The Morgan fingerprint density at radius 1 is 1.13 bits per heavy atom. The lowest BCUT2D eigenvalue weighted by Crippen LogP contribution is -2.20. The highest BCUT2D eigenvalue weighted by Gasteiger charge is 2.07. The first-order valence-electron chi connectivity index (χ1n) is 7.04. The van der Waals surface area contributed by atoms with Crippen LogP contribution in [-0.2, 0) is 9.53 Å². The number of halogens is 1. The van der Waals surface area contributed by atoms with Crippen LogP contribution in [0.2, 0.25) is 0 Å². The number of anilines is 1. The molecule has 2 rings (SSSR count). The van der Waals surface area contributed by atoms with E-state index in [1.807, 2.05) is 0 Å². The van der Waals surface area contributed by atoms with E-state index in [-0.39, 0.29) is 6.61 Å². The second-order valence-electron chi connectivity index (χ2n) is 4.59. The normalized spacial score (nSPS) is 10.0. The van der Waals surface area contributed by atoms with E-state index in [1.165, 1.54) is 18.2 Å². The van der Waals surface area contributed by atoms with Gasteiger partial charge in [-0.3, -0.25) is 4.79 Å². The second-order valence-corrected chi connectivity index (χ2v) is 4.59. The highest BCUT2D eigenvalue weighted by Crippen LogP contribution is 2.13. The van der Waals surface area contributed by atoms with E-state index in [1.54, 1.807) is 37.3 Å². The Morgan fingerprint density at radius 3 is 2.52 bits per heavy atom. The summed E-state index contributed by atoms with van der Waals surface area (Å²) in [5.74, 6) is -0.821. The van der Waals surface area contributed by atoms with Gasteiger partial charge in [-0.2, -0.15) is 0 Å². The zero-order chi connectivity index (χ0) is 16.7. The third-order valence-electron chi connectivity index (χ3n) is 2.84.